The number of hydrogen-bond donors (Lipinski definition) is 1. The van der Waals surface area contributed by atoms with Gasteiger partial charge in [0.2, 0.25) is 5.91 Å². The Balaban J connectivity index is 1.32. The number of fused-ring (bicyclic) bond motifs is 1. The van der Waals surface area contributed by atoms with E-state index in [1.807, 2.05) is 24.4 Å². The number of thioether (sulfide) groups is 1. The van der Waals surface area contributed by atoms with Crippen LogP contribution in [0.4, 0.5) is 5.69 Å². The lowest BCUT2D eigenvalue weighted by atomic mass is 10.0. The summed E-state index contributed by atoms with van der Waals surface area (Å²) >= 11 is 2.88. The van der Waals surface area contributed by atoms with Gasteiger partial charge in [-0.05, 0) is 36.1 Å². The molecule has 0 bridgehead atoms. The van der Waals surface area contributed by atoms with Gasteiger partial charge in [-0.3, -0.25) is 24.6 Å². The Kier molecular flexibility index (Phi) is 7.29. The minimum absolute atomic E-state index is 0.0542. The highest BCUT2D eigenvalue weighted by atomic mass is 32.2. The van der Waals surface area contributed by atoms with E-state index in [4.69, 9.17) is 14.2 Å². The third-order valence-corrected chi connectivity index (χ3v) is 8.24. The Morgan fingerprint density at radius 1 is 1.27 bits per heavy atom. The first-order valence-corrected chi connectivity index (χ1v) is 13.4. The van der Waals surface area contributed by atoms with Gasteiger partial charge < -0.3 is 19.5 Å². The molecule has 0 aliphatic carbocycles. The molecule has 2 amide bonds. The van der Waals surface area contributed by atoms with E-state index in [1.165, 1.54) is 52.3 Å². The van der Waals surface area contributed by atoms with Crippen molar-refractivity contribution in [3.63, 3.8) is 0 Å². The molecule has 0 saturated carbocycles. The minimum Gasteiger partial charge on any atom is -0.456 e. The molecular weight excluding hydrogens is 522 g/mol. The molecule has 2 fully saturated rings. The zero-order valence-corrected chi connectivity index (χ0v) is 21.3. The molecule has 4 atom stereocenters. The lowest BCUT2D eigenvalue weighted by Crippen LogP contribution is -2.71. The normalized spacial score (nSPS) is 24.9. The summed E-state index contributed by atoms with van der Waals surface area (Å²) in [4.78, 5) is 51.5. The monoisotopic (exact) mass is 545 g/mol. The molecule has 0 spiro atoms. The Hall–Kier alpha value is -3.26. The Labute approximate surface area is 219 Å². The molecule has 5 rings (SSSR count). The van der Waals surface area contributed by atoms with Gasteiger partial charge in [-0.2, -0.15) is 0 Å². The Bertz CT molecular complexity index is 1250. The van der Waals surface area contributed by atoms with Crippen molar-refractivity contribution >= 4 is 46.6 Å². The fraction of sp³-hybridized carbons (Fsp3) is 0.375. The highest BCUT2D eigenvalue weighted by Gasteiger charge is 2.55. The molecule has 3 aliphatic heterocycles. The van der Waals surface area contributed by atoms with E-state index in [9.17, 15) is 24.5 Å². The van der Waals surface area contributed by atoms with Crippen LogP contribution in [0.5, 0.6) is 0 Å². The quantitative estimate of drug-likeness (QED) is 0.229. The van der Waals surface area contributed by atoms with Crippen molar-refractivity contribution in [3.05, 3.63) is 73.6 Å². The van der Waals surface area contributed by atoms with Crippen molar-refractivity contribution in [2.24, 2.45) is 0 Å². The first-order valence-electron chi connectivity index (χ1n) is 11.5. The van der Waals surface area contributed by atoms with Crippen LogP contribution in [0, 0.1) is 10.1 Å². The molecule has 4 heterocycles. The summed E-state index contributed by atoms with van der Waals surface area (Å²) in [7, 11) is 0. The third-order valence-electron chi connectivity index (χ3n) is 6.06. The zero-order chi connectivity index (χ0) is 26.1. The molecule has 1 N–H and O–H groups in total. The van der Waals surface area contributed by atoms with Crippen molar-refractivity contribution in [1.82, 2.24) is 10.2 Å². The molecule has 2 aromatic rings. The van der Waals surface area contributed by atoms with Crippen LogP contribution in [-0.2, 0) is 41.6 Å². The molecule has 194 valence electrons. The highest BCUT2D eigenvalue weighted by molar-refractivity contribution is 8.00. The molecule has 1 aromatic carbocycles. The number of non-ortho nitro benzene ring substituents is 1. The van der Waals surface area contributed by atoms with Gasteiger partial charge in [0.05, 0.1) is 24.1 Å². The van der Waals surface area contributed by atoms with Gasteiger partial charge in [0.15, 0.2) is 6.29 Å². The van der Waals surface area contributed by atoms with Crippen LogP contribution in [0.1, 0.15) is 17.4 Å². The summed E-state index contributed by atoms with van der Waals surface area (Å²) in [6.07, 6.45) is -0.786. The van der Waals surface area contributed by atoms with Gasteiger partial charge in [0, 0.05) is 28.3 Å². The predicted molar refractivity (Wildman–Crippen MR) is 133 cm³/mol. The highest BCUT2D eigenvalue weighted by Crippen LogP contribution is 2.43. The number of nitrogens with zero attached hydrogens (tertiary/aromatic N) is 2. The molecule has 3 aliphatic rings. The van der Waals surface area contributed by atoms with E-state index in [0.29, 0.717) is 23.5 Å². The van der Waals surface area contributed by atoms with Crippen LogP contribution in [0.3, 0.4) is 0 Å². The van der Waals surface area contributed by atoms with Gasteiger partial charge in [-0.1, -0.05) is 6.07 Å². The van der Waals surface area contributed by atoms with Crippen LogP contribution in [-0.4, -0.2) is 63.8 Å². The summed E-state index contributed by atoms with van der Waals surface area (Å²) in [5, 5.41) is 15.1. The number of nitrogens with one attached hydrogen (secondary N) is 1. The molecular formula is C24H23N3O8S2. The fourth-order valence-electron chi connectivity index (χ4n) is 4.23. The van der Waals surface area contributed by atoms with Crippen molar-refractivity contribution in [3.8, 4) is 0 Å². The number of rotatable bonds is 8. The first-order chi connectivity index (χ1) is 17.8. The van der Waals surface area contributed by atoms with E-state index in [-0.39, 0.29) is 36.4 Å². The maximum Gasteiger partial charge on any atom is 0.355 e. The number of esters is 1. The number of hydrogen-bond acceptors (Lipinski definition) is 10. The van der Waals surface area contributed by atoms with Crippen LogP contribution >= 0.6 is 23.1 Å². The van der Waals surface area contributed by atoms with Gasteiger partial charge in [0.25, 0.3) is 11.6 Å². The van der Waals surface area contributed by atoms with Gasteiger partial charge in [-0.25, -0.2) is 4.79 Å². The summed E-state index contributed by atoms with van der Waals surface area (Å²) in [6, 6.07) is 8.59. The second kappa shape index (κ2) is 10.6. The van der Waals surface area contributed by atoms with E-state index in [1.54, 1.807) is 0 Å². The number of β-lactam (4-membered cyclic amide) rings is 1. The second-order valence-electron chi connectivity index (χ2n) is 8.70. The number of ether oxygens (including phenoxy) is 3. The number of carbonyl (C=O) groups is 3. The number of nitro benzene ring substituents is 1. The number of benzene rings is 1. The SMILES string of the molecule is CC1COC(C2=C(C(=O)OCc3ccc([N+](=O)[O-])cc3)N3C(=O)C(NC(=O)Cc4cccs4)[C@@H]3SC2)O1. The van der Waals surface area contributed by atoms with Crippen LogP contribution in [0.2, 0.25) is 0 Å². The van der Waals surface area contributed by atoms with Crippen LogP contribution in [0.15, 0.2) is 53.0 Å². The molecule has 11 nitrogen and oxygen atoms in total. The maximum atomic E-state index is 13.3. The van der Waals surface area contributed by atoms with Crippen LogP contribution in [0.25, 0.3) is 0 Å². The lowest BCUT2D eigenvalue weighted by molar-refractivity contribution is -0.384. The number of thiophene rings is 1. The number of amides is 2. The number of nitro groups is 1. The summed E-state index contributed by atoms with van der Waals surface area (Å²) < 4.78 is 17.0. The van der Waals surface area contributed by atoms with E-state index in [2.05, 4.69) is 5.32 Å². The van der Waals surface area contributed by atoms with Crippen LogP contribution < -0.4 is 5.32 Å². The summed E-state index contributed by atoms with van der Waals surface area (Å²) in [5.41, 5.74) is 1.03. The molecule has 37 heavy (non-hydrogen) atoms. The second-order valence-corrected chi connectivity index (χ2v) is 10.8. The summed E-state index contributed by atoms with van der Waals surface area (Å²) in [5.74, 6) is -1.07. The van der Waals surface area contributed by atoms with Gasteiger partial charge in [-0.15, -0.1) is 23.1 Å². The van der Waals surface area contributed by atoms with Crippen molar-refractivity contribution < 1.29 is 33.5 Å². The summed E-state index contributed by atoms with van der Waals surface area (Å²) in [6.45, 7) is 2.06. The van der Waals surface area contributed by atoms with Gasteiger partial charge in [0.1, 0.15) is 23.7 Å². The topological polar surface area (TPSA) is 137 Å². The largest absolute Gasteiger partial charge is 0.456 e. The lowest BCUT2D eigenvalue weighted by Gasteiger charge is -2.50. The minimum atomic E-state index is -0.786. The fourth-order valence-corrected chi connectivity index (χ4v) is 6.30. The molecule has 3 unspecified atom stereocenters. The first kappa shape index (κ1) is 25.4. The van der Waals surface area contributed by atoms with Crippen molar-refractivity contribution in [2.75, 3.05) is 12.4 Å². The Morgan fingerprint density at radius 2 is 2.05 bits per heavy atom. The molecule has 1 aromatic heterocycles. The van der Waals surface area contributed by atoms with E-state index in [0.717, 1.165) is 4.88 Å². The van der Waals surface area contributed by atoms with Crippen molar-refractivity contribution in [2.45, 2.75) is 43.8 Å². The standard InChI is InChI=1S/C24H23N3O8S2/c1-13-10-34-24(35-13)17-12-37-22-19(25-18(28)9-16-3-2-8-36-16)21(29)26(22)20(17)23(30)33-11-14-4-6-15(7-5-14)27(31)32/h2-8,13,19,22,24H,9-12H2,1H3,(H,25,28)/t13?,19?,22-,24?/m0/s1. The predicted octanol–water partition coefficient (Wildman–Crippen LogP) is 2.36. The van der Waals surface area contributed by atoms with E-state index >= 15 is 0 Å². The molecule has 13 heteroatoms. The van der Waals surface area contributed by atoms with Gasteiger partial charge >= 0.3 is 5.97 Å². The van der Waals surface area contributed by atoms with Crippen molar-refractivity contribution in [1.29, 1.82) is 0 Å². The number of carbonyl (C=O) groups excluding carboxylic acids is 3. The maximum absolute atomic E-state index is 13.3. The molecule has 2 saturated heterocycles. The average Bonchev–Trinajstić information content (AvgIpc) is 3.56. The smallest absolute Gasteiger partial charge is 0.355 e. The average molecular weight is 546 g/mol. The molecule has 0 radical (unpaired) electrons. The third kappa shape index (κ3) is 5.25. The Morgan fingerprint density at radius 3 is 2.70 bits per heavy atom. The zero-order valence-electron chi connectivity index (χ0n) is 19.7. The van der Waals surface area contributed by atoms with E-state index < -0.39 is 34.5 Å².